The summed E-state index contributed by atoms with van der Waals surface area (Å²) < 4.78 is 0. The van der Waals surface area contributed by atoms with Crippen molar-refractivity contribution in [1.29, 1.82) is 0 Å². The third-order valence-corrected chi connectivity index (χ3v) is 9.30. The maximum Gasteiger partial charge on any atom is 0.243 e. The molecule has 1 N–H and O–H groups in total. The van der Waals surface area contributed by atoms with Crippen LogP contribution in [-0.2, 0) is 4.79 Å². The van der Waals surface area contributed by atoms with Gasteiger partial charge in [-0.1, -0.05) is 43.7 Å². The van der Waals surface area contributed by atoms with Gasteiger partial charge < -0.3 is 5.32 Å². The number of Topliss-reactive ketones (excluding diaryl/α,β-unsaturated/α-hetero) is 1. The van der Waals surface area contributed by atoms with Gasteiger partial charge in [0.15, 0.2) is 5.78 Å². The molecule has 3 saturated carbocycles. The number of hydrogen-bond acceptors (Lipinski definition) is 2. The molecule has 1 aliphatic heterocycles. The molecular formula is C26H33NO2. The molecule has 3 nitrogen and oxygen atoms in total. The van der Waals surface area contributed by atoms with Crippen molar-refractivity contribution < 1.29 is 9.59 Å². The second kappa shape index (κ2) is 6.55. The SMILES string of the molecule is Cc1cccc(C(=O)[C@H]2CC[C@H]3[C@@H]4CC[C@H]5NC(=O)C=C[C@]5(C)[C@H]4CC[C@]23C)c1. The number of benzene rings is 1. The van der Waals surface area contributed by atoms with E-state index in [2.05, 4.69) is 44.3 Å². The summed E-state index contributed by atoms with van der Waals surface area (Å²) in [5.74, 6) is 2.50. The number of nitrogens with one attached hydrogen (secondary N) is 1. The lowest BCUT2D eigenvalue weighted by molar-refractivity contribution is -0.122. The molecule has 0 bridgehead atoms. The van der Waals surface area contributed by atoms with E-state index >= 15 is 0 Å². The first-order valence-corrected chi connectivity index (χ1v) is 11.4. The van der Waals surface area contributed by atoms with Crippen LogP contribution in [0.1, 0.15) is 68.3 Å². The molecule has 3 fully saturated rings. The molecule has 1 aromatic carbocycles. The summed E-state index contributed by atoms with van der Waals surface area (Å²) in [6, 6.07) is 8.42. The Hall–Kier alpha value is -1.90. The molecule has 0 radical (unpaired) electrons. The Balaban J connectivity index is 1.43. The van der Waals surface area contributed by atoms with Gasteiger partial charge in [0.1, 0.15) is 0 Å². The second-order valence-electron chi connectivity index (χ2n) is 10.6. The number of aryl methyl sites for hydroxylation is 1. The van der Waals surface area contributed by atoms with Crippen molar-refractivity contribution in [2.75, 3.05) is 0 Å². The van der Waals surface area contributed by atoms with Crippen LogP contribution in [0.15, 0.2) is 36.4 Å². The molecule has 0 spiro atoms. The van der Waals surface area contributed by atoms with Crippen molar-refractivity contribution in [2.45, 2.75) is 65.3 Å². The van der Waals surface area contributed by atoms with Gasteiger partial charge in [0.2, 0.25) is 5.91 Å². The lowest BCUT2D eigenvalue weighted by Crippen LogP contribution is -2.59. The number of amides is 1. The molecule has 1 aromatic rings. The zero-order valence-electron chi connectivity index (χ0n) is 17.9. The van der Waals surface area contributed by atoms with Crippen molar-refractivity contribution in [2.24, 2.45) is 34.5 Å². The van der Waals surface area contributed by atoms with Crippen LogP contribution >= 0.6 is 0 Å². The number of carbonyl (C=O) groups is 2. The molecule has 0 saturated heterocycles. The topological polar surface area (TPSA) is 46.2 Å². The van der Waals surface area contributed by atoms with Gasteiger partial charge in [-0.05, 0) is 80.8 Å². The minimum atomic E-state index is 0.0660. The quantitative estimate of drug-likeness (QED) is 0.714. The van der Waals surface area contributed by atoms with Gasteiger partial charge in [-0.25, -0.2) is 0 Å². The fourth-order valence-electron chi connectivity index (χ4n) is 7.76. The Kier molecular flexibility index (Phi) is 4.31. The monoisotopic (exact) mass is 391 g/mol. The van der Waals surface area contributed by atoms with E-state index in [0.717, 1.165) is 30.4 Å². The number of rotatable bonds is 2. The number of ketones is 1. The standard InChI is InChI=1S/C26H33NO2/c1-16-5-4-6-17(15-16)24(29)21-9-8-19-18-7-10-22-26(3,14-12-23(28)27-22)20(18)11-13-25(19,21)2/h4-6,12,14-15,18-22H,7-11,13H2,1-3H3,(H,27,28)/t18-,19-,20-,21+,22+,25-,26+/m0/s1. The van der Waals surface area contributed by atoms with Crippen LogP contribution in [0.4, 0.5) is 0 Å². The average molecular weight is 392 g/mol. The Morgan fingerprint density at radius 3 is 2.69 bits per heavy atom. The Bertz CT molecular complexity index is 888. The third-order valence-electron chi connectivity index (χ3n) is 9.30. The minimum absolute atomic E-state index is 0.0660. The molecule has 29 heavy (non-hydrogen) atoms. The predicted molar refractivity (Wildman–Crippen MR) is 114 cm³/mol. The predicted octanol–water partition coefficient (Wildman–Crippen LogP) is 5.09. The van der Waals surface area contributed by atoms with E-state index in [1.54, 1.807) is 6.08 Å². The first-order chi connectivity index (χ1) is 13.8. The van der Waals surface area contributed by atoms with Crippen molar-refractivity contribution in [1.82, 2.24) is 5.32 Å². The summed E-state index contributed by atoms with van der Waals surface area (Å²) >= 11 is 0. The van der Waals surface area contributed by atoms with Crippen molar-refractivity contribution in [3.05, 3.63) is 47.5 Å². The van der Waals surface area contributed by atoms with Crippen LogP contribution in [0, 0.1) is 41.4 Å². The molecule has 0 aromatic heterocycles. The Morgan fingerprint density at radius 2 is 1.90 bits per heavy atom. The summed E-state index contributed by atoms with van der Waals surface area (Å²) in [5, 5.41) is 3.23. The lowest BCUT2D eigenvalue weighted by atomic mass is 9.47. The summed E-state index contributed by atoms with van der Waals surface area (Å²) in [6.07, 6.45) is 10.7. The Morgan fingerprint density at radius 1 is 1.07 bits per heavy atom. The van der Waals surface area contributed by atoms with Crippen LogP contribution in [-0.4, -0.2) is 17.7 Å². The summed E-state index contributed by atoms with van der Waals surface area (Å²) in [4.78, 5) is 25.4. The molecule has 1 heterocycles. The summed E-state index contributed by atoms with van der Waals surface area (Å²) in [6.45, 7) is 6.83. The van der Waals surface area contributed by atoms with Gasteiger partial charge in [-0.2, -0.15) is 0 Å². The van der Waals surface area contributed by atoms with Gasteiger partial charge in [0, 0.05) is 22.9 Å². The second-order valence-corrected chi connectivity index (χ2v) is 10.6. The van der Waals surface area contributed by atoms with E-state index in [9.17, 15) is 9.59 Å². The molecule has 5 rings (SSSR count). The van der Waals surface area contributed by atoms with Crippen LogP contribution in [0.2, 0.25) is 0 Å². The highest BCUT2D eigenvalue weighted by Gasteiger charge is 2.60. The van der Waals surface area contributed by atoms with E-state index in [0.29, 0.717) is 23.5 Å². The van der Waals surface area contributed by atoms with Gasteiger partial charge in [0.05, 0.1) is 0 Å². The highest BCUT2D eigenvalue weighted by Crippen LogP contribution is 2.65. The summed E-state index contributed by atoms with van der Waals surface area (Å²) in [7, 11) is 0. The van der Waals surface area contributed by atoms with E-state index in [-0.39, 0.29) is 28.7 Å². The van der Waals surface area contributed by atoms with Gasteiger partial charge >= 0.3 is 0 Å². The van der Waals surface area contributed by atoms with E-state index in [1.807, 2.05) is 12.1 Å². The minimum Gasteiger partial charge on any atom is -0.349 e. The van der Waals surface area contributed by atoms with Crippen LogP contribution < -0.4 is 5.32 Å². The smallest absolute Gasteiger partial charge is 0.243 e. The largest absolute Gasteiger partial charge is 0.349 e. The zero-order valence-corrected chi connectivity index (χ0v) is 17.9. The maximum absolute atomic E-state index is 13.5. The summed E-state index contributed by atoms with van der Waals surface area (Å²) in [5.41, 5.74) is 2.24. The first-order valence-electron chi connectivity index (χ1n) is 11.4. The van der Waals surface area contributed by atoms with E-state index < -0.39 is 0 Å². The van der Waals surface area contributed by atoms with Gasteiger partial charge in [-0.3, -0.25) is 9.59 Å². The Labute approximate surface area is 174 Å². The van der Waals surface area contributed by atoms with Crippen molar-refractivity contribution in [3.8, 4) is 0 Å². The normalized spacial score (nSPS) is 43.1. The van der Waals surface area contributed by atoms with E-state index in [4.69, 9.17) is 0 Å². The molecule has 7 atom stereocenters. The zero-order chi connectivity index (χ0) is 20.4. The van der Waals surface area contributed by atoms with Crippen LogP contribution in [0.3, 0.4) is 0 Å². The number of fused-ring (bicyclic) bond motifs is 5. The van der Waals surface area contributed by atoms with Crippen molar-refractivity contribution >= 4 is 11.7 Å². The fraction of sp³-hybridized carbons (Fsp3) is 0.615. The lowest BCUT2D eigenvalue weighted by Gasteiger charge is -2.58. The average Bonchev–Trinajstić information content (AvgIpc) is 3.05. The highest BCUT2D eigenvalue weighted by molar-refractivity contribution is 5.98. The maximum atomic E-state index is 13.5. The molecule has 4 aliphatic rings. The first kappa shape index (κ1) is 19.1. The van der Waals surface area contributed by atoms with E-state index in [1.165, 1.54) is 19.3 Å². The molecule has 1 amide bonds. The number of hydrogen-bond donors (Lipinski definition) is 1. The molecular weight excluding hydrogens is 358 g/mol. The number of carbonyl (C=O) groups excluding carboxylic acids is 2. The third kappa shape index (κ3) is 2.76. The molecule has 0 unspecified atom stereocenters. The fourth-order valence-corrected chi connectivity index (χ4v) is 7.76. The van der Waals surface area contributed by atoms with Gasteiger partial charge in [0.25, 0.3) is 0 Å². The van der Waals surface area contributed by atoms with Gasteiger partial charge in [-0.15, -0.1) is 0 Å². The van der Waals surface area contributed by atoms with Crippen LogP contribution in [0.25, 0.3) is 0 Å². The molecule has 3 aliphatic carbocycles. The van der Waals surface area contributed by atoms with Crippen molar-refractivity contribution in [3.63, 3.8) is 0 Å². The highest BCUT2D eigenvalue weighted by atomic mass is 16.1. The van der Waals surface area contributed by atoms with Crippen LogP contribution in [0.5, 0.6) is 0 Å². The molecule has 3 heteroatoms. The molecule has 154 valence electrons.